The Kier molecular flexibility index (Phi) is 27.9. The lowest BCUT2D eigenvalue weighted by Gasteiger charge is -2.30. The van der Waals surface area contributed by atoms with Gasteiger partial charge in [-0.05, 0) is 213 Å². The molecule has 592 valence electrons. The van der Waals surface area contributed by atoms with Crippen LogP contribution in [0.4, 0.5) is 22.7 Å². The monoisotopic (exact) mass is 1540 g/mol. The Hall–Kier alpha value is -11.8. The van der Waals surface area contributed by atoms with Gasteiger partial charge in [-0.1, -0.05) is 202 Å². The van der Waals surface area contributed by atoms with Crippen LogP contribution in [0.1, 0.15) is 170 Å². The van der Waals surface area contributed by atoms with E-state index in [-0.39, 0.29) is 17.7 Å². The van der Waals surface area contributed by atoms with E-state index in [1.807, 2.05) is 239 Å². The maximum atomic E-state index is 13.4. The Morgan fingerprint density at radius 1 is 0.391 bits per heavy atom. The Morgan fingerprint density at radius 3 is 0.983 bits per heavy atom. The summed E-state index contributed by atoms with van der Waals surface area (Å²) in [5.41, 5.74) is 33.3. The molecule has 3 fully saturated rings. The van der Waals surface area contributed by atoms with Crippen molar-refractivity contribution in [2.24, 2.45) is 40.7 Å². The van der Waals surface area contributed by atoms with Crippen LogP contribution in [0.15, 0.2) is 255 Å². The predicted octanol–water partition coefficient (Wildman–Crippen LogP) is 15.5. The van der Waals surface area contributed by atoms with Crippen LogP contribution < -0.4 is 44.2 Å². The van der Waals surface area contributed by atoms with Crippen molar-refractivity contribution < 1.29 is 29.7 Å². The second kappa shape index (κ2) is 38.8. The van der Waals surface area contributed by atoms with Crippen LogP contribution in [0.5, 0.6) is 0 Å². The van der Waals surface area contributed by atoms with E-state index in [1.165, 1.54) is 38.5 Å². The number of benzene rings is 9. The summed E-state index contributed by atoms with van der Waals surface area (Å²) in [7, 11) is 0. The molecule has 0 saturated heterocycles. The van der Waals surface area contributed by atoms with E-state index in [2.05, 4.69) is 41.4 Å². The summed E-state index contributed by atoms with van der Waals surface area (Å²) in [5.74, 6) is 1.23. The number of carbonyl (C=O) groups excluding carboxylic acids is 3. The van der Waals surface area contributed by atoms with E-state index in [0.717, 1.165) is 99.6 Å². The molecule has 9 aromatic carbocycles. The summed E-state index contributed by atoms with van der Waals surface area (Å²) >= 11 is 0. The summed E-state index contributed by atoms with van der Waals surface area (Å²) < 4.78 is 4.84. The Balaban J connectivity index is 0.000000153. The third-order valence-electron chi connectivity index (χ3n) is 21.2. The van der Waals surface area contributed by atoms with Crippen LogP contribution in [0, 0.1) is 45.1 Å². The molecule has 3 aliphatic rings. The van der Waals surface area contributed by atoms with Crippen molar-refractivity contribution in [2.45, 2.75) is 128 Å². The van der Waals surface area contributed by atoms with Crippen molar-refractivity contribution in [3.05, 3.63) is 345 Å². The Labute approximate surface area is 673 Å². The lowest BCUT2D eigenvalue weighted by atomic mass is 9.82. The molecule has 21 heteroatoms. The molecular formula is C94H105N15O6. The summed E-state index contributed by atoms with van der Waals surface area (Å²) in [6.45, 7) is 16.8. The highest BCUT2D eigenvalue weighted by Crippen LogP contribution is 2.45. The highest BCUT2D eigenvalue weighted by atomic mass is 16.3. The number of nitrogens with zero attached hydrogens (tertiary/aromatic N) is 7. The van der Waals surface area contributed by atoms with Crippen LogP contribution in [-0.2, 0) is 29.9 Å². The SMILES string of the molecule is Cc1cc(C(=O)Nc2cccc(C(O)(CCC3CC3)c3ccccc3)c2)n(-c2cccc(CN)c2)n1.Cc1cc(C(=O)Nc2cccc(C(O)(CCC3CC3)c3ccccc3)c2)n(-c2cccc(CN)c2)n1.NCCNCCN.[C-]#[N+]c1cccc(-n2nc(C)cc2C(=O)Nc2cccc(C(O)(CCC3CC3)c3ccccc3)c2)c1. The van der Waals surface area contributed by atoms with Gasteiger partial charge >= 0.3 is 0 Å². The average molecular weight is 1540 g/mol. The molecule has 3 aliphatic carbocycles. The zero-order valence-corrected chi connectivity index (χ0v) is 65.7. The fourth-order valence-corrected chi connectivity index (χ4v) is 14.3. The topological polar surface area (TPSA) is 322 Å². The first-order valence-electron chi connectivity index (χ1n) is 39.8. The predicted molar refractivity (Wildman–Crippen MR) is 455 cm³/mol. The van der Waals surface area contributed by atoms with Gasteiger partial charge in [0.05, 0.1) is 40.7 Å². The van der Waals surface area contributed by atoms with Crippen LogP contribution in [0.3, 0.4) is 0 Å². The second-order valence-electron chi connectivity index (χ2n) is 30.2. The zero-order valence-electron chi connectivity index (χ0n) is 65.7. The third kappa shape index (κ3) is 21.7. The lowest BCUT2D eigenvalue weighted by molar-refractivity contribution is 0.0667. The molecule has 3 heterocycles. The smallest absolute Gasteiger partial charge is 0.274 e. The van der Waals surface area contributed by atoms with E-state index in [0.29, 0.717) is 114 Å². The minimum absolute atomic E-state index is 0.271. The van der Waals surface area contributed by atoms with Gasteiger partial charge in [-0.15, -0.1) is 0 Å². The van der Waals surface area contributed by atoms with Gasteiger partial charge in [0, 0.05) is 56.3 Å². The zero-order chi connectivity index (χ0) is 80.9. The van der Waals surface area contributed by atoms with E-state index in [4.69, 9.17) is 29.5 Å². The number of aliphatic hydroxyl groups is 3. The highest BCUT2D eigenvalue weighted by molar-refractivity contribution is 6.05. The molecule has 3 unspecified atom stereocenters. The number of amides is 3. The normalized spacial score (nSPS) is 14.4. The molecule has 15 N–H and O–H groups in total. The van der Waals surface area contributed by atoms with E-state index < -0.39 is 16.8 Å². The van der Waals surface area contributed by atoms with E-state index in [9.17, 15) is 29.7 Å². The standard InChI is InChI=1S/C30H28N4O2.2C30H32N4O2.C4H13N3/c1-21-18-28(34(33-21)27-13-7-11-25(20-27)31-2)29(35)32-26-12-6-10-24(19-26)30(36,17-16-22-14-15-22)23-8-4-3-5-9-23;2*1-21-17-28(34(33-21)27-12-5-7-23(18-27)20-31)29(35)32-26-11-6-10-25(19-26)30(36,16-15-22-13-14-22)24-8-3-2-4-9-24;5-1-3-7-4-2-6/h3-13,18-20,22,36H,14-17H2,1H3,(H,32,35);2*2-12,17-19,22,36H,13-16,20,31H2,1H3,(H,32,35);7H,1-6H2. The lowest BCUT2D eigenvalue weighted by Crippen LogP contribution is -2.28. The van der Waals surface area contributed by atoms with Crippen molar-refractivity contribution in [3.8, 4) is 17.1 Å². The number of hydrogen-bond acceptors (Lipinski definition) is 14. The maximum Gasteiger partial charge on any atom is 0.274 e. The number of aromatic nitrogens is 6. The number of hydrogen-bond donors (Lipinski definition) is 11. The second-order valence-corrected chi connectivity index (χ2v) is 30.2. The summed E-state index contributed by atoms with van der Waals surface area (Å²) in [6.07, 6.45) is 12.2. The molecule has 12 aromatic rings. The molecule has 3 saturated carbocycles. The Bertz CT molecular complexity index is 5060. The number of anilines is 3. The quantitative estimate of drug-likeness (QED) is 0.0147. The fourth-order valence-electron chi connectivity index (χ4n) is 14.3. The van der Waals surface area contributed by atoms with E-state index in [1.54, 1.807) is 50.4 Å². The number of nitrogens with one attached hydrogen (secondary N) is 4. The minimum atomic E-state index is -1.14. The van der Waals surface area contributed by atoms with Crippen molar-refractivity contribution in [1.29, 1.82) is 0 Å². The first-order valence-corrected chi connectivity index (χ1v) is 39.8. The third-order valence-corrected chi connectivity index (χ3v) is 21.2. The van der Waals surface area contributed by atoms with Crippen LogP contribution >= 0.6 is 0 Å². The maximum absolute atomic E-state index is 13.4. The molecule has 0 bridgehead atoms. The van der Waals surface area contributed by atoms with Crippen molar-refractivity contribution >= 4 is 40.5 Å². The van der Waals surface area contributed by atoms with Gasteiger partial charge in [0.25, 0.3) is 17.7 Å². The highest BCUT2D eigenvalue weighted by Gasteiger charge is 2.38. The molecule has 15 rings (SSSR count). The Morgan fingerprint density at radius 2 is 0.687 bits per heavy atom. The number of carbonyl (C=O) groups is 3. The van der Waals surface area contributed by atoms with E-state index >= 15 is 0 Å². The van der Waals surface area contributed by atoms with Crippen molar-refractivity contribution in [2.75, 3.05) is 42.1 Å². The van der Waals surface area contributed by atoms with Crippen LogP contribution in [-0.4, -0.2) is 88.6 Å². The molecule has 0 spiro atoms. The largest absolute Gasteiger partial charge is 0.380 e. The molecule has 0 aliphatic heterocycles. The molecule has 115 heavy (non-hydrogen) atoms. The van der Waals surface area contributed by atoms with Crippen molar-refractivity contribution in [1.82, 2.24) is 34.7 Å². The van der Waals surface area contributed by atoms with Crippen molar-refractivity contribution in [3.63, 3.8) is 0 Å². The minimum Gasteiger partial charge on any atom is -0.380 e. The fraction of sp³-hybridized carbons (Fsp3) is 0.287. The van der Waals surface area contributed by atoms with Gasteiger partial charge in [-0.25, -0.2) is 18.9 Å². The first-order chi connectivity index (χ1) is 55.8. The molecule has 3 aromatic heterocycles. The van der Waals surface area contributed by atoms with Gasteiger partial charge in [-0.3, -0.25) is 14.4 Å². The molecule has 21 nitrogen and oxygen atoms in total. The van der Waals surface area contributed by atoms with Gasteiger partial charge in [0.1, 0.15) is 33.9 Å². The number of rotatable bonds is 30. The molecular weight excluding hydrogens is 1440 g/mol. The summed E-state index contributed by atoms with van der Waals surface area (Å²) in [6, 6.07) is 79.5. The van der Waals surface area contributed by atoms with Gasteiger partial charge in [-0.2, -0.15) is 15.3 Å². The van der Waals surface area contributed by atoms with Gasteiger partial charge in [0.15, 0.2) is 5.69 Å². The van der Waals surface area contributed by atoms with Gasteiger partial charge in [0.2, 0.25) is 0 Å². The summed E-state index contributed by atoms with van der Waals surface area (Å²) in [4.78, 5) is 43.6. The number of aryl methyl sites for hydroxylation is 3. The van der Waals surface area contributed by atoms with Gasteiger partial charge < -0.3 is 59.5 Å². The molecule has 3 atom stereocenters. The summed E-state index contributed by atoms with van der Waals surface area (Å²) in [5, 5.41) is 61.3. The average Bonchev–Trinajstić information content (AvgIpc) is 1.69. The molecule has 0 radical (unpaired) electrons. The number of nitrogens with two attached hydrogens (primary N) is 4. The van der Waals surface area contributed by atoms with Crippen LogP contribution in [0.25, 0.3) is 21.9 Å². The van der Waals surface area contributed by atoms with Crippen LogP contribution in [0.2, 0.25) is 0 Å². The first kappa shape index (κ1) is 82.6. The molecule has 3 amide bonds.